The molecule has 1 aliphatic rings. The number of amides is 1. The second-order valence-corrected chi connectivity index (χ2v) is 6.02. The molecule has 1 N–H and O–H groups in total. The number of carbonyl (C=O) groups excluding carboxylic acids is 1. The fourth-order valence-corrected chi connectivity index (χ4v) is 2.94. The molecule has 0 radical (unpaired) electrons. The first-order valence-corrected chi connectivity index (χ1v) is 8.27. The van der Waals surface area contributed by atoms with E-state index in [2.05, 4.69) is 29.6 Å². The maximum atomic E-state index is 12.2. The van der Waals surface area contributed by atoms with Crippen molar-refractivity contribution in [1.29, 1.82) is 0 Å². The molecule has 4 nitrogen and oxygen atoms in total. The van der Waals surface area contributed by atoms with Gasteiger partial charge >= 0.3 is 0 Å². The van der Waals surface area contributed by atoms with Gasteiger partial charge in [0.15, 0.2) is 0 Å². The highest BCUT2D eigenvalue weighted by molar-refractivity contribution is 5.85. The van der Waals surface area contributed by atoms with Gasteiger partial charge < -0.3 is 4.74 Å². The first-order chi connectivity index (χ1) is 11.7. The molecule has 0 heterocycles. The Morgan fingerprint density at radius 1 is 1.29 bits per heavy atom. The van der Waals surface area contributed by atoms with Crippen LogP contribution in [0.15, 0.2) is 53.6 Å². The van der Waals surface area contributed by atoms with Crippen molar-refractivity contribution in [3.8, 4) is 5.75 Å². The SMILES string of the molecule is CCc1ccc(/C=N/NC(=O)C2CC2c2ccccc2)cc1OC. The van der Waals surface area contributed by atoms with Crippen LogP contribution in [0.1, 0.15) is 36.0 Å². The Kier molecular flexibility index (Phi) is 4.94. The number of hydrogen-bond donors (Lipinski definition) is 1. The van der Waals surface area contributed by atoms with Crippen molar-refractivity contribution in [2.24, 2.45) is 11.0 Å². The van der Waals surface area contributed by atoms with E-state index in [9.17, 15) is 4.79 Å². The highest BCUT2D eigenvalue weighted by atomic mass is 16.5. The van der Waals surface area contributed by atoms with Crippen molar-refractivity contribution >= 4 is 12.1 Å². The van der Waals surface area contributed by atoms with Crippen molar-refractivity contribution in [1.82, 2.24) is 5.43 Å². The van der Waals surface area contributed by atoms with Crippen LogP contribution in [0, 0.1) is 5.92 Å². The maximum Gasteiger partial charge on any atom is 0.243 e. The summed E-state index contributed by atoms with van der Waals surface area (Å²) in [6.07, 6.45) is 3.46. The summed E-state index contributed by atoms with van der Waals surface area (Å²) in [5.74, 6) is 1.18. The smallest absolute Gasteiger partial charge is 0.243 e. The van der Waals surface area contributed by atoms with Crippen LogP contribution in [0.3, 0.4) is 0 Å². The van der Waals surface area contributed by atoms with Crippen LogP contribution in [0.2, 0.25) is 0 Å². The van der Waals surface area contributed by atoms with E-state index in [1.54, 1.807) is 13.3 Å². The third-order valence-corrected chi connectivity index (χ3v) is 4.44. The molecule has 4 heteroatoms. The minimum absolute atomic E-state index is 0.0164. The lowest BCUT2D eigenvalue weighted by atomic mass is 10.1. The van der Waals surface area contributed by atoms with Crippen molar-refractivity contribution in [3.63, 3.8) is 0 Å². The zero-order chi connectivity index (χ0) is 16.9. The van der Waals surface area contributed by atoms with Crippen LogP contribution in [-0.2, 0) is 11.2 Å². The molecule has 0 saturated heterocycles. The lowest BCUT2D eigenvalue weighted by molar-refractivity contribution is -0.122. The topological polar surface area (TPSA) is 50.7 Å². The van der Waals surface area contributed by atoms with Gasteiger partial charge in [-0.15, -0.1) is 0 Å². The van der Waals surface area contributed by atoms with Crippen LogP contribution >= 0.6 is 0 Å². The number of benzene rings is 2. The summed E-state index contributed by atoms with van der Waals surface area (Å²) in [5.41, 5.74) is 5.93. The number of rotatable bonds is 6. The number of ether oxygens (including phenoxy) is 1. The third kappa shape index (κ3) is 3.65. The number of aryl methyl sites for hydroxylation is 1. The molecular formula is C20H22N2O2. The van der Waals surface area contributed by atoms with Crippen LogP contribution in [-0.4, -0.2) is 19.2 Å². The summed E-state index contributed by atoms with van der Waals surface area (Å²) in [4.78, 5) is 12.2. The lowest BCUT2D eigenvalue weighted by Gasteiger charge is -2.07. The molecule has 0 aliphatic heterocycles. The van der Waals surface area contributed by atoms with E-state index in [-0.39, 0.29) is 11.8 Å². The molecule has 2 aromatic carbocycles. The highest BCUT2D eigenvalue weighted by Gasteiger charge is 2.43. The van der Waals surface area contributed by atoms with Gasteiger partial charge in [0.1, 0.15) is 5.75 Å². The molecule has 1 aliphatic carbocycles. The highest BCUT2D eigenvalue weighted by Crippen LogP contribution is 2.47. The van der Waals surface area contributed by atoms with Gasteiger partial charge in [-0.2, -0.15) is 5.10 Å². The van der Waals surface area contributed by atoms with E-state index in [0.717, 1.165) is 29.7 Å². The largest absolute Gasteiger partial charge is 0.496 e. The van der Waals surface area contributed by atoms with Gasteiger partial charge in [-0.1, -0.05) is 49.4 Å². The molecule has 124 valence electrons. The molecule has 1 fully saturated rings. The Bertz CT molecular complexity index is 741. The van der Waals surface area contributed by atoms with Crippen LogP contribution in [0.5, 0.6) is 5.75 Å². The molecule has 0 spiro atoms. The van der Waals surface area contributed by atoms with Gasteiger partial charge in [0.2, 0.25) is 5.91 Å². The third-order valence-electron chi connectivity index (χ3n) is 4.44. The normalized spacial score (nSPS) is 19.2. The average Bonchev–Trinajstić information content (AvgIpc) is 3.43. The van der Waals surface area contributed by atoms with Crippen molar-refractivity contribution in [3.05, 3.63) is 65.2 Å². The number of nitrogens with zero attached hydrogens (tertiary/aromatic N) is 1. The first-order valence-electron chi connectivity index (χ1n) is 8.27. The van der Waals surface area contributed by atoms with Crippen LogP contribution in [0.25, 0.3) is 0 Å². The Hall–Kier alpha value is -2.62. The molecule has 2 aromatic rings. The quantitative estimate of drug-likeness (QED) is 0.653. The van der Waals surface area contributed by atoms with Gasteiger partial charge in [-0.3, -0.25) is 4.79 Å². The lowest BCUT2D eigenvalue weighted by Crippen LogP contribution is -2.20. The number of carbonyl (C=O) groups is 1. The van der Waals surface area contributed by atoms with Gasteiger partial charge in [-0.25, -0.2) is 5.43 Å². The van der Waals surface area contributed by atoms with E-state index < -0.39 is 0 Å². The molecule has 3 rings (SSSR count). The molecule has 2 atom stereocenters. The summed E-state index contributed by atoms with van der Waals surface area (Å²) in [7, 11) is 1.66. The molecule has 2 unspecified atom stereocenters. The summed E-state index contributed by atoms with van der Waals surface area (Å²) < 4.78 is 5.37. The number of hydrogen-bond acceptors (Lipinski definition) is 3. The fourth-order valence-electron chi connectivity index (χ4n) is 2.94. The predicted octanol–water partition coefficient (Wildman–Crippen LogP) is 3.51. The molecule has 0 aromatic heterocycles. The minimum atomic E-state index is -0.0164. The summed E-state index contributed by atoms with van der Waals surface area (Å²) in [6.45, 7) is 2.09. The average molecular weight is 322 g/mol. The van der Waals surface area contributed by atoms with Crippen molar-refractivity contribution < 1.29 is 9.53 Å². The second kappa shape index (κ2) is 7.30. The van der Waals surface area contributed by atoms with E-state index in [1.807, 2.05) is 36.4 Å². The predicted molar refractivity (Wildman–Crippen MR) is 95.4 cm³/mol. The Balaban J connectivity index is 1.56. The summed E-state index contributed by atoms with van der Waals surface area (Å²) in [6, 6.07) is 16.1. The monoisotopic (exact) mass is 322 g/mol. The van der Waals surface area contributed by atoms with Gasteiger partial charge in [-0.05, 0) is 41.5 Å². The Morgan fingerprint density at radius 2 is 2.08 bits per heavy atom. The maximum absolute atomic E-state index is 12.2. The van der Waals surface area contributed by atoms with E-state index in [1.165, 1.54) is 5.56 Å². The molecule has 0 bridgehead atoms. The van der Waals surface area contributed by atoms with Gasteiger partial charge in [0.05, 0.1) is 13.3 Å². The van der Waals surface area contributed by atoms with Gasteiger partial charge in [0.25, 0.3) is 0 Å². The minimum Gasteiger partial charge on any atom is -0.496 e. The number of nitrogens with one attached hydrogen (secondary N) is 1. The second-order valence-electron chi connectivity index (χ2n) is 6.02. The van der Waals surface area contributed by atoms with Crippen LogP contribution < -0.4 is 10.2 Å². The zero-order valence-electron chi connectivity index (χ0n) is 14.0. The first kappa shape index (κ1) is 16.2. The zero-order valence-corrected chi connectivity index (χ0v) is 14.0. The summed E-state index contributed by atoms with van der Waals surface area (Å²) >= 11 is 0. The van der Waals surface area contributed by atoms with E-state index in [4.69, 9.17) is 4.74 Å². The Labute approximate surface area is 142 Å². The van der Waals surface area contributed by atoms with Gasteiger partial charge in [0, 0.05) is 5.92 Å². The van der Waals surface area contributed by atoms with Crippen molar-refractivity contribution in [2.45, 2.75) is 25.7 Å². The number of methoxy groups -OCH3 is 1. The van der Waals surface area contributed by atoms with E-state index in [0.29, 0.717) is 5.92 Å². The molecule has 24 heavy (non-hydrogen) atoms. The molecule has 1 amide bonds. The molecular weight excluding hydrogens is 300 g/mol. The Morgan fingerprint density at radius 3 is 2.79 bits per heavy atom. The standard InChI is InChI=1S/C20H22N2O2/c1-3-15-10-9-14(11-19(15)24-2)13-21-22-20(23)18-12-17(18)16-7-5-4-6-8-16/h4-11,13,17-18H,3,12H2,1-2H3,(H,22,23)/b21-13+. The van der Waals surface area contributed by atoms with Crippen molar-refractivity contribution in [2.75, 3.05) is 7.11 Å². The molecule has 1 saturated carbocycles. The fraction of sp³-hybridized carbons (Fsp3) is 0.300. The number of hydrazone groups is 1. The summed E-state index contributed by atoms with van der Waals surface area (Å²) in [5, 5.41) is 4.08. The van der Waals surface area contributed by atoms with Crippen LogP contribution in [0.4, 0.5) is 0 Å². The van der Waals surface area contributed by atoms with E-state index >= 15 is 0 Å².